The molecule has 0 bridgehead atoms. The molecule has 136 valence electrons. The SMILES string of the molecule is COc1cccc(C(CC(=O)O)NC(=O)C2CCCc3ccccc32)c1. The van der Waals surface area contributed by atoms with Crippen molar-refractivity contribution in [3.63, 3.8) is 0 Å². The maximum absolute atomic E-state index is 12.9. The van der Waals surface area contributed by atoms with Crippen molar-refractivity contribution >= 4 is 11.9 Å². The lowest BCUT2D eigenvalue weighted by atomic mass is 9.82. The molecule has 0 heterocycles. The third-order valence-corrected chi connectivity index (χ3v) is 4.88. The van der Waals surface area contributed by atoms with Gasteiger partial charge in [0.2, 0.25) is 5.91 Å². The lowest BCUT2D eigenvalue weighted by Crippen LogP contribution is -2.35. The average molecular weight is 353 g/mol. The molecule has 1 aliphatic carbocycles. The molecular formula is C21H23NO4. The molecule has 2 aromatic carbocycles. The van der Waals surface area contributed by atoms with E-state index in [1.165, 1.54) is 5.56 Å². The van der Waals surface area contributed by atoms with Crippen LogP contribution in [0.1, 0.15) is 47.9 Å². The van der Waals surface area contributed by atoms with Crippen LogP contribution in [0.15, 0.2) is 48.5 Å². The second-order valence-electron chi connectivity index (χ2n) is 6.58. The minimum atomic E-state index is -0.956. The number of amides is 1. The van der Waals surface area contributed by atoms with Gasteiger partial charge in [0.1, 0.15) is 5.75 Å². The zero-order valence-electron chi connectivity index (χ0n) is 14.8. The van der Waals surface area contributed by atoms with E-state index in [0.717, 1.165) is 30.4 Å². The molecule has 5 nitrogen and oxygen atoms in total. The highest BCUT2D eigenvalue weighted by Gasteiger charge is 2.28. The Morgan fingerprint density at radius 1 is 1.23 bits per heavy atom. The average Bonchev–Trinajstić information content (AvgIpc) is 2.66. The van der Waals surface area contributed by atoms with Crippen LogP contribution < -0.4 is 10.1 Å². The highest BCUT2D eigenvalue weighted by Crippen LogP contribution is 2.32. The first-order valence-corrected chi connectivity index (χ1v) is 8.82. The van der Waals surface area contributed by atoms with Crippen LogP contribution in [0.3, 0.4) is 0 Å². The lowest BCUT2D eigenvalue weighted by molar-refractivity contribution is -0.137. The summed E-state index contributed by atoms with van der Waals surface area (Å²) in [4.78, 5) is 24.3. The number of rotatable bonds is 6. The molecule has 1 aliphatic rings. The Morgan fingerprint density at radius 3 is 2.81 bits per heavy atom. The number of hydrogen-bond donors (Lipinski definition) is 2. The molecule has 1 amide bonds. The first-order chi connectivity index (χ1) is 12.6. The van der Waals surface area contributed by atoms with Crippen LogP contribution in [-0.2, 0) is 16.0 Å². The van der Waals surface area contributed by atoms with Crippen molar-refractivity contribution < 1.29 is 19.4 Å². The zero-order chi connectivity index (χ0) is 18.5. The first kappa shape index (κ1) is 18.0. The van der Waals surface area contributed by atoms with Gasteiger partial charge >= 0.3 is 5.97 Å². The van der Waals surface area contributed by atoms with Crippen LogP contribution in [0, 0.1) is 0 Å². The molecule has 2 unspecified atom stereocenters. The predicted molar refractivity (Wildman–Crippen MR) is 98.3 cm³/mol. The molecule has 0 aromatic heterocycles. The minimum absolute atomic E-state index is 0.119. The molecule has 0 saturated carbocycles. The summed E-state index contributed by atoms with van der Waals surface area (Å²) < 4.78 is 5.22. The number of carbonyl (C=O) groups excluding carboxylic acids is 1. The highest BCUT2D eigenvalue weighted by atomic mass is 16.5. The molecule has 2 atom stereocenters. The monoisotopic (exact) mass is 353 g/mol. The van der Waals surface area contributed by atoms with Gasteiger partial charge in [-0.3, -0.25) is 9.59 Å². The molecule has 0 spiro atoms. The number of carbonyl (C=O) groups is 2. The number of benzene rings is 2. The van der Waals surface area contributed by atoms with Crippen molar-refractivity contribution in [2.75, 3.05) is 7.11 Å². The Kier molecular flexibility index (Phi) is 5.56. The number of aryl methyl sites for hydroxylation is 1. The maximum Gasteiger partial charge on any atom is 0.305 e. The molecule has 2 N–H and O–H groups in total. The summed E-state index contributed by atoms with van der Waals surface area (Å²) in [5, 5.41) is 12.2. The van der Waals surface area contributed by atoms with Crippen molar-refractivity contribution in [2.24, 2.45) is 0 Å². The smallest absolute Gasteiger partial charge is 0.305 e. The van der Waals surface area contributed by atoms with Crippen LogP contribution in [0.2, 0.25) is 0 Å². The Hall–Kier alpha value is -2.82. The first-order valence-electron chi connectivity index (χ1n) is 8.82. The highest BCUT2D eigenvalue weighted by molar-refractivity contribution is 5.85. The maximum atomic E-state index is 12.9. The summed E-state index contributed by atoms with van der Waals surface area (Å²) in [5.41, 5.74) is 2.98. The van der Waals surface area contributed by atoms with E-state index in [-0.39, 0.29) is 18.2 Å². The summed E-state index contributed by atoms with van der Waals surface area (Å²) in [6, 6.07) is 14.6. The molecule has 5 heteroatoms. The minimum Gasteiger partial charge on any atom is -0.497 e. The topological polar surface area (TPSA) is 75.6 Å². The Morgan fingerprint density at radius 2 is 2.04 bits per heavy atom. The van der Waals surface area contributed by atoms with E-state index in [0.29, 0.717) is 5.75 Å². The third-order valence-electron chi connectivity index (χ3n) is 4.88. The zero-order valence-corrected chi connectivity index (χ0v) is 14.8. The van der Waals surface area contributed by atoms with E-state index in [9.17, 15) is 14.7 Å². The summed E-state index contributed by atoms with van der Waals surface area (Å²) in [6.45, 7) is 0. The molecule has 0 fully saturated rings. The van der Waals surface area contributed by atoms with Gasteiger partial charge in [0.15, 0.2) is 0 Å². The van der Waals surface area contributed by atoms with Crippen LogP contribution in [0.5, 0.6) is 5.75 Å². The van der Waals surface area contributed by atoms with Gasteiger partial charge in [-0.15, -0.1) is 0 Å². The summed E-state index contributed by atoms with van der Waals surface area (Å²) >= 11 is 0. The fraction of sp³-hybridized carbons (Fsp3) is 0.333. The molecule has 2 aromatic rings. The van der Waals surface area contributed by atoms with Gasteiger partial charge in [-0.25, -0.2) is 0 Å². The second-order valence-corrected chi connectivity index (χ2v) is 6.58. The molecule has 3 rings (SSSR count). The molecule has 0 aliphatic heterocycles. The van der Waals surface area contributed by atoms with Gasteiger partial charge in [-0.05, 0) is 48.1 Å². The Balaban J connectivity index is 1.83. The van der Waals surface area contributed by atoms with Crippen molar-refractivity contribution in [3.05, 3.63) is 65.2 Å². The van der Waals surface area contributed by atoms with Gasteiger partial charge in [0, 0.05) is 0 Å². The quantitative estimate of drug-likeness (QED) is 0.834. The van der Waals surface area contributed by atoms with Gasteiger partial charge in [-0.2, -0.15) is 0 Å². The summed E-state index contributed by atoms with van der Waals surface area (Å²) in [7, 11) is 1.56. The number of hydrogen-bond acceptors (Lipinski definition) is 3. The van der Waals surface area contributed by atoms with E-state index in [1.54, 1.807) is 25.3 Å². The van der Waals surface area contributed by atoms with E-state index in [1.807, 2.05) is 24.3 Å². The molecule has 26 heavy (non-hydrogen) atoms. The van der Waals surface area contributed by atoms with Crippen molar-refractivity contribution in [1.29, 1.82) is 0 Å². The fourth-order valence-corrected chi connectivity index (χ4v) is 3.58. The number of carboxylic acids is 1. The summed E-state index contributed by atoms with van der Waals surface area (Å²) in [5.74, 6) is -0.676. The molecule has 0 radical (unpaired) electrons. The second kappa shape index (κ2) is 8.04. The van der Waals surface area contributed by atoms with Crippen LogP contribution in [-0.4, -0.2) is 24.1 Å². The number of methoxy groups -OCH3 is 1. The largest absolute Gasteiger partial charge is 0.497 e. The van der Waals surface area contributed by atoms with Gasteiger partial charge in [0.25, 0.3) is 0 Å². The molecule has 0 saturated heterocycles. The van der Waals surface area contributed by atoms with Gasteiger partial charge in [-0.1, -0.05) is 36.4 Å². The predicted octanol–water partition coefficient (Wildman–Crippen LogP) is 3.45. The van der Waals surface area contributed by atoms with Gasteiger partial charge < -0.3 is 15.2 Å². The van der Waals surface area contributed by atoms with E-state index >= 15 is 0 Å². The number of aliphatic carboxylic acids is 1. The summed E-state index contributed by atoms with van der Waals surface area (Å²) in [6.07, 6.45) is 2.54. The number of carboxylic acid groups (broad SMARTS) is 1. The van der Waals surface area contributed by atoms with E-state index < -0.39 is 12.0 Å². The van der Waals surface area contributed by atoms with E-state index in [4.69, 9.17) is 4.74 Å². The van der Waals surface area contributed by atoms with Crippen LogP contribution >= 0.6 is 0 Å². The Bertz CT molecular complexity index is 802. The lowest BCUT2D eigenvalue weighted by Gasteiger charge is -2.27. The molecular weight excluding hydrogens is 330 g/mol. The van der Waals surface area contributed by atoms with E-state index in [2.05, 4.69) is 11.4 Å². The number of nitrogens with one attached hydrogen (secondary N) is 1. The standard InChI is InChI=1S/C21H23NO4/c1-26-16-9-4-8-15(12-16)19(13-20(23)24)22-21(25)18-11-5-7-14-6-2-3-10-17(14)18/h2-4,6,8-10,12,18-19H,5,7,11,13H2,1H3,(H,22,25)(H,23,24). The van der Waals surface area contributed by atoms with Crippen molar-refractivity contribution in [1.82, 2.24) is 5.32 Å². The van der Waals surface area contributed by atoms with Crippen molar-refractivity contribution in [2.45, 2.75) is 37.6 Å². The normalized spacial score (nSPS) is 17.0. The Labute approximate surface area is 153 Å². The van der Waals surface area contributed by atoms with Crippen LogP contribution in [0.4, 0.5) is 0 Å². The number of ether oxygens (including phenoxy) is 1. The van der Waals surface area contributed by atoms with Crippen molar-refractivity contribution in [3.8, 4) is 5.75 Å². The third kappa shape index (κ3) is 4.04. The number of fused-ring (bicyclic) bond motifs is 1. The van der Waals surface area contributed by atoms with Gasteiger partial charge in [0.05, 0.1) is 25.5 Å². The fourth-order valence-electron chi connectivity index (χ4n) is 3.58. The van der Waals surface area contributed by atoms with Crippen LogP contribution in [0.25, 0.3) is 0 Å².